The Morgan fingerprint density at radius 2 is 0.542 bits per heavy atom. The SMILES string of the molecule is CC(C)c1cc(-c2ccccc2)cc(C(C)C)c1-n1cc[n+]2c1-c1cc3c(cc1C2)oc1ccccc13.CC(C)c1ccc(-c2cc(C3CCCC3)c(-n3cc[n+]4c3-c3ccccc3C4)c(C3CCCC3)c2)cc1.Cc1cc(C)cc(-c2cc(C3CCCC3)c(-n3cc[n+]4c3-c3ccccc3C4)c(C3CCCC3)c2)c1.c1ccc(-c2cc(C3CCCC3)c(-n3cc[n+]4c3-c3ccccc3C4)c(C3CCCC3)c2)cc1. The minimum absolute atomic E-state index is 0.389. The minimum Gasteiger partial charge on any atom is -0.456 e. The van der Waals surface area contributed by atoms with Crippen LogP contribution >= 0.6 is 0 Å². The van der Waals surface area contributed by atoms with Crippen molar-refractivity contribution in [2.24, 2.45) is 0 Å². The second-order valence-corrected chi connectivity index (χ2v) is 45.1. The lowest BCUT2D eigenvalue weighted by atomic mass is 9.84. The van der Waals surface area contributed by atoms with Crippen molar-refractivity contribution in [3.63, 3.8) is 0 Å². The van der Waals surface area contributed by atoms with Crippen molar-refractivity contribution in [2.75, 3.05) is 0 Å². The zero-order valence-electron chi connectivity index (χ0n) is 85.9. The van der Waals surface area contributed by atoms with E-state index in [1.165, 1.54) is 328 Å². The number of rotatable bonds is 17. The van der Waals surface area contributed by atoms with Crippen molar-refractivity contribution in [1.82, 2.24) is 18.3 Å². The highest BCUT2D eigenvalue weighted by molar-refractivity contribution is 6.06. The van der Waals surface area contributed by atoms with Crippen LogP contribution in [0.2, 0.25) is 0 Å². The Labute approximate surface area is 852 Å². The highest BCUT2D eigenvalue weighted by Crippen LogP contribution is 2.54. The maximum Gasteiger partial charge on any atom is 0.294 e. The van der Waals surface area contributed by atoms with Crippen molar-refractivity contribution in [3.8, 4) is 113 Å². The summed E-state index contributed by atoms with van der Waals surface area (Å²) in [5.41, 5.74) is 46.2. The molecule has 6 aliphatic carbocycles. The van der Waals surface area contributed by atoms with Crippen LogP contribution in [-0.4, -0.2) is 18.3 Å². The molecule has 9 heteroatoms. The summed E-state index contributed by atoms with van der Waals surface area (Å²) >= 11 is 0. The summed E-state index contributed by atoms with van der Waals surface area (Å²) in [7, 11) is 0. The molecule has 0 bridgehead atoms. The normalized spacial score (nSPS) is 16.4. The van der Waals surface area contributed by atoms with Crippen molar-refractivity contribution in [1.29, 1.82) is 0 Å². The molecule has 0 amide bonds. The summed E-state index contributed by atoms with van der Waals surface area (Å²) in [5.74, 6) is 10.6. The van der Waals surface area contributed by atoms with Gasteiger partial charge >= 0.3 is 0 Å². The third-order valence-electron chi connectivity index (χ3n) is 34.9. The quantitative estimate of drug-likeness (QED) is 0.0838. The van der Waals surface area contributed by atoms with E-state index in [0.717, 1.165) is 37.3 Å². The lowest BCUT2D eigenvalue weighted by Crippen LogP contribution is -2.30. The van der Waals surface area contributed by atoms with E-state index >= 15 is 0 Å². The Morgan fingerprint density at radius 3 is 0.903 bits per heavy atom. The Kier molecular flexibility index (Phi) is 24.8. The van der Waals surface area contributed by atoms with Gasteiger partial charge in [-0.2, -0.15) is 18.3 Å². The zero-order chi connectivity index (χ0) is 96.9. The van der Waals surface area contributed by atoms with Gasteiger partial charge in [0.1, 0.15) is 110 Å². The molecule has 9 heterocycles. The first kappa shape index (κ1) is 91.7. The van der Waals surface area contributed by atoms with E-state index in [9.17, 15) is 0 Å². The van der Waals surface area contributed by atoms with Gasteiger partial charge in [0.05, 0.1) is 22.3 Å². The number of nitrogens with zero attached hydrogens (tertiary/aromatic N) is 8. The van der Waals surface area contributed by atoms with Gasteiger partial charge in [0.25, 0.3) is 23.3 Å². The monoisotopic (exact) mass is 1890 g/mol. The highest BCUT2D eigenvalue weighted by atomic mass is 16.3. The second-order valence-electron chi connectivity index (χ2n) is 45.1. The predicted molar refractivity (Wildman–Crippen MR) is 590 cm³/mol. The number of aromatic nitrogens is 8. The smallest absolute Gasteiger partial charge is 0.294 e. The first-order valence-electron chi connectivity index (χ1n) is 55.3. The lowest BCUT2D eigenvalue weighted by Gasteiger charge is -2.23. The number of hydrogen-bond acceptors (Lipinski definition) is 1. The van der Waals surface area contributed by atoms with Gasteiger partial charge in [-0.3, -0.25) is 0 Å². The number of fused-ring (bicyclic) bond motifs is 15. The average molecular weight is 1890 g/mol. The molecule has 6 fully saturated rings. The van der Waals surface area contributed by atoms with E-state index in [1.807, 2.05) is 6.07 Å². The van der Waals surface area contributed by atoms with Crippen LogP contribution < -0.4 is 18.3 Å². The summed E-state index contributed by atoms with van der Waals surface area (Å²) < 4.78 is 26.1. The van der Waals surface area contributed by atoms with Crippen LogP contribution in [0.3, 0.4) is 0 Å². The summed E-state index contributed by atoms with van der Waals surface area (Å²) in [6.07, 6.45) is 50.6. The fourth-order valence-electron chi connectivity index (χ4n) is 27.7. The Hall–Kier alpha value is -13.5. The molecular formula is C135H140N8O+4. The molecule has 0 atom stereocenters. The zero-order valence-corrected chi connectivity index (χ0v) is 85.9. The molecule has 5 aromatic heterocycles. The molecule has 4 aliphatic heterocycles. The molecule has 13 aromatic carbocycles. The first-order chi connectivity index (χ1) is 70.7. The number of aryl methyl sites for hydroxylation is 2. The molecule has 0 unspecified atom stereocenters. The van der Waals surface area contributed by atoms with Crippen LogP contribution in [-0.2, 0) is 26.2 Å². The lowest BCUT2D eigenvalue weighted by molar-refractivity contribution is -0.671. The summed E-state index contributed by atoms with van der Waals surface area (Å²) in [5, 5.41) is 2.36. The molecule has 0 radical (unpaired) electrons. The summed E-state index contributed by atoms with van der Waals surface area (Å²) in [6, 6.07) is 98.4. The molecule has 28 rings (SSSR count). The molecule has 0 N–H and O–H groups in total. The van der Waals surface area contributed by atoms with Gasteiger partial charge in [-0.1, -0.05) is 306 Å². The fourth-order valence-corrected chi connectivity index (χ4v) is 27.7. The third-order valence-corrected chi connectivity index (χ3v) is 34.9. The Morgan fingerprint density at radius 1 is 0.243 bits per heavy atom. The molecule has 18 aromatic rings. The van der Waals surface area contributed by atoms with E-state index in [4.69, 9.17) is 4.42 Å². The van der Waals surface area contributed by atoms with Crippen molar-refractivity contribution < 1.29 is 22.7 Å². The Bertz CT molecular complexity index is 7690. The van der Waals surface area contributed by atoms with Gasteiger partial charge in [-0.15, -0.1) is 0 Å². The van der Waals surface area contributed by atoms with E-state index in [1.54, 1.807) is 33.4 Å². The standard InChI is InChI=1S/C35H39N2.C34H31N2O.C34H37N2.C32H33N2/c1-24(2)25-15-17-26(18-16-25)30-21-32(27-9-3-4-10-27)34(33(22-30)28-11-5-6-12-28)37-20-19-36-23-29-13-7-8-14-31(29)35(36)37;1-21(2)27-16-24(23-10-6-5-7-11-23)17-28(22(3)4)33(27)36-15-14-35-20-25-18-32-30(19-29(25)34(35)36)26-12-8-9-13-31(26)37-32;1-23-17-24(2)19-28(18-23)29-20-31(25-9-3-4-10-25)33(32(21-29)26-11-5-6-12-26)36-16-15-35-22-27-13-7-8-14-30(27)34(35)36;1-2-10-23(11-3-1)27-20-29(24-12-4-5-13-24)31(30(21-27)25-14-6-7-15-25)34-19-18-33-22-26-16-8-9-17-28(26)32(33)34/h7-8,13-22,24,27-28H,3-6,9-12,23H2,1-2H3;5-19,21-22H,20H2,1-4H3;7-8,13-21,25-26H,3-6,9-12,22H2,1-2H3;1-3,8-11,16-21,24-25H,4-7,12-15,22H2/q4*+1. The summed E-state index contributed by atoms with van der Waals surface area (Å²) in [4.78, 5) is 0. The number of furan rings is 1. The fraction of sp³-hybridized carbons (Fsp3) is 0.333. The second kappa shape index (κ2) is 38.9. The maximum atomic E-state index is 6.21. The number of benzene rings is 13. The van der Waals surface area contributed by atoms with Crippen LogP contribution in [0, 0.1) is 13.8 Å². The van der Waals surface area contributed by atoms with Gasteiger partial charge in [-0.05, 0) is 279 Å². The van der Waals surface area contributed by atoms with Gasteiger partial charge in [0.15, 0.2) is 0 Å². The Balaban J connectivity index is 0.000000101. The van der Waals surface area contributed by atoms with Crippen molar-refractivity contribution >= 4 is 21.9 Å². The third kappa shape index (κ3) is 17.0. The molecule has 722 valence electrons. The van der Waals surface area contributed by atoms with Crippen LogP contribution in [0.1, 0.15) is 332 Å². The number of hydrogen-bond donors (Lipinski definition) is 0. The number of para-hydroxylation sites is 1. The van der Waals surface area contributed by atoms with Crippen LogP contribution in [0.4, 0.5) is 0 Å². The largest absolute Gasteiger partial charge is 0.456 e. The predicted octanol–water partition coefficient (Wildman–Crippen LogP) is 33.7. The maximum absolute atomic E-state index is 6.21. The van der Waals surface area contributed by atoms with Crippen LogP contribution in [0.25, 0.3) is 135 Å². The highest BCUT2D eigenvalue weighted by Gasteiger charge is 2.43. The summed E-state index contributed by atoms with van der Waals surface area (Å²) in [6.45, 7) is 22.1. The van der Waals surface area contributed by atoms with E-state index < -0.39 is 0 Å². The molecule has 10 aliphatic rings. The van der Waals surface area contributed by atoms with Gasteiger partial charge in [0.2, 0.25) is 0 Å². The average Bonchev–Trinajstić information content (AvgIpc) is 1.58. The van der Waals surface area contributed by atoms with E-state index in [-0.39, 0.29) is 0 Å². The molecule has 0 saturated heterocycles. The molecular weight excluding hydrogens is 1750 g/mol. The van der Waals surface area contributed by atoms with Crippen LogP contribution in [0.15, 0.2) is 315 Å². The van der Waals surface area contributed by atoms with Crippen LogP contribution in [0.5, 0.6) is 0 Å². The molecule has 6 saturated carbocycles. The van der Waals surface area contributed by atoms with Crippen molar-refractivity contribution in [3.05, 3.63) is 394 Å². The van der Waals surface area contributed by atoms with Gasteiger partial charge in [-0.25, -0.2) is 18.3 Å². The molecule has 144 heavy (non-hydrogen) atoms. The van der Waals surface area contributed by atoms with Crippen molar-refractivity contribution in [2.45, 2.75) is 289 Å². The topological polar surface area (TPSA) is 48.4 Å². The molecule has 0 spiro atoms. The van der Waals surface area contributed by atoms with E-state index in [0.29, 0.717) is 53.3 Å². The minimum atomic E-state index is 0.389. The van der Waals surface area contributed by atoms with Gasteiger partial charge in [0, 0.05) is 77.5 Å². The molecule has 9 nitrogen and oxygen atoms in total. The van der Waals surface area contributed by atoms with Gasteiger partial charge < -0.3 is 4.42 Å². The number of imidazole rings is 4. The van der Waals surface area contributed by atoms with E-state index in [2.05, 4.69) is 396 Å². The first-order valence-corrected chi connectivity index (χ1v) is 55.3.